The Kier molecular flexibility index (Phi) is 0.785. The molecule has 0 aromatic rings. The first kappa shape index (κ1) is 4.59. The van der Waals surface area contributed by atoms with E-state index in [1.807, 2.05) is 0 Å². The van der Waals surface area contributed by atoms with E-state index in [1.165, 1.54) is 0 Å². The van der Waals surface area contributed by atoms with Crippen molar-refractivity contribution in [1.29, 1.82) is 0 Å². The van der Waals surface area contributed by atoms with Gasteiger partial charge in [0.05, 0.1) is 5.92 Å². The fraction of sp³-hybridized carbons (Fsp3) is 0.750. The molecule has 0 radical (unpaired) electrons. The number of amides is 1. The molecular formula is C4H7NO2. The Labute approximate surface area is 41.3 Å². The first-order valence-electron chi connectivity index (χ1n) is 2.20. The molecule has 2 atom stereocenters. The predicted octanol–water partition coefficient (Wildman–Crippen LogP) is -0.929. The molecule has 1 aliphatic rings. The van der Waals surface area contributed by atoms with Crippen molar-refractivity contribution in [2.24, 2.45) is 5.92 Å². The van der Waals surface area contributed by atoms with E-state index in [4.69, 9.17) is 5.11 Å². The van der Waals surface area contributed by atoms with Gasteiger partial charge in [-0.2, -0.15) is 0 Å². The minimum atomic E-state index is -0.590. The molecule has 0 aromatic heterocycles. The molecule has 0 bridgehead atoms. The summed E-state index contributed by atoms with van der Waals surface area (Å²) in [6.45, 7) is 1.68. The monoisotopic (exact) mass is 101 g/mol. The van der Waals surface area contributed by atoms with Gasteiger partial charge in [0.2, 0.25) is 5.91 Å². The predicted molar refractivity (Wildman–Crippen MR) is 23.3 cm³/mol. The van der Waals surface area contributed by atoms with E-state index in [9.17, 15) is 4.79 Å². The zero-order chi connectivity index (χ0) is 5.44. The van der Waals surface area contributed by atoms with Crippen LogP contribution in [0.2, 0.25) is 0 Å². The highest BCUT2D eigenvalue weighted by Crippen LogP contribution is 2.09. The van der Waals surface area contributed by atoms with Crippen molar-refractivity contribution >= 4 is 5.91 Å². The van der Waals surface area contributed by atoms with Crippen LogP contribution in [0.15, 0.2) is 0 Å². The van der Waals surface area contributed by atoms with E-state index in [2.05, 4.69) is 5.32 Å². The quantitative estimate of drug-likeness (QED) is 0.387. The smallest absolute Gasteiger partial charge is 0.229 e. The zero-order valence-corrected chi connectivity index (χ0v) is 4.01. The molecule has 1 aliphatic heterocycles. The molecule has 3 heteroatoms. The van der Waals surface area contributed by atoms with Crippen LogP contribution in [0.5, 0.6) is 0 Å². The van der Waals surface area contributed by atoms with Gasteiger partial charge in [0.1, 0.15) is 6.23 Å². The third kappa shape index (κ3) is 0.489. The van der Waals surface area contributed by atoms with Gasteiger partial charge < -0.3 is 10.4 Å². The molecule has 1 unspecified atom stereocenters. The number of aliphatic hydroxyl groups excluding tert-OH is 1. The van der Waals surface area contributed by atoms with Crippen LogP contribution in [0.25, 0.3) is 0 Å². The highest BCUT2D eigenvalue weighted by Gasteiger charge is 2.32. The van der Waals surface area contributed by atoms with Crippen molar-refractivity contribution in [2.75, 3.05) is 0 Å². The summed E-state index contributed by atoms with van der Waals surface area (Å²) in [4.78, 5) is 10.2. The van der Waals surface area contributed by atoms with Gasteiger partial charge in [-0.05, 0) is 6.92 Å². The summed E-state index contributed by atoms with van der Waals surface area (Å²) in [5, 5.41) is 10.8. The molecule has 2 N–H and O–H groups in total. The first-order chi connectivity index (χ1) is 3.22. The van der Waals surface area contributed by atoms with Crippen LogP contribution >= 0.6 is 0 Å². The average molecular weight is 101 g/mol. The Balaban J connectivity index is 2.43. The van der Waals surface area contributed by atoms with Crippen LogP contribution < -0.4 is 5.32 Å². The van der Waals surface area contributed by atoms with Gasteiger partial charge in [-0.15, -0.1) is 0 Å². The molecular weight excluding hydrogens is 94.0 g/mol. The van der Waals surface area contributed by atoms with E-state index in [0.717, 1.165) is 0 Å². The van der Waals surface area contributed by atoms with Crippen molar-refractivity contribution in [3.05, 3.63) is 0 Å². The highest BCUT2D eigenvalue weighted by molar-refractivity contribution is 5.84. The molecule has 0 saturated carbocycles. The molecule has 40 valence electrons. The second-order valence-electron chi connectivity index (χ2n) is 1.74. The summed E-state index contributed by atoms with van der Waals surface area (Å²) >= 11 is 0. The van der Waals surface area contributed by atoms with Gasteiger partial charge >= 0.3 is 0 Å². The van der Waals surface area contributed by atoms with Crippen LogP contribution in [0, 0.1) is 5.92 Å². The van der Waals surface area contributed by atoms with Crippen molar-refractivity contribution in [3.8, 4) is 0 Å². The van der Waals surface area contributed by atoms with E-state index in [-0.39, 0.29) is 11.8 Å². The minimum Gasteiger partial charge on any atom is -0.373 e. The number of β-lactam (4-membered cyclic amide) rings is 1. The van der Waals surface area contributed by atoms with Gasteiger partial charge in [-0.3, -0.25) is 4.79 Å². The number of carbonyl (C=O) groups is 1. The van der Waals surface area contributed by atoms with Crippen molar-refractivity contribution in [2.45, 2.75) is 13.2 Å². The van der Waals surface area contributed by atoms with Crippen molar-refractivity contribution < 1.29 is 9.90 Å². The molecule has 0 spiro atoms. The molecule has 1 rings (SSSR count). The van der Waals surface area contributed by atoms with Crippen LogP contribution in [0.3, 0.4) is 0 Å². The first-order valence-corrected chi connectivity index (χ1v) is 2.20. The molecule has 0 aliphatic carbocycles. The molecule has 1 saturated heterocycles. The topological polar surface area (TPSA) is 49.3 Å². The van der Waals surface area contributed by atoms with Crippen molar-refractivity contribution in [3.63, 3.8) is 0 Å². The Morgan fingerprint density at radius 2 is 2.43 bits per heavy atom. The normalized spacial score (nSPS) is 39.4. The summed E-state index contributed by atoms with van der Waals surface area (Å²) in [6, 6.07) is 0. The van der Waals surface area contributed by atoms with Crippen LogP contribution in [-0.4, -0.2) is 17.2 Å². The van der Waals surface area contributed by atoms with Gasteiger partial charge in [0, 0.05) is 0 Å². The minimum absolute atomic E-state index is 0.0625. The van der Waals surface area contributed by atoms with Gasteiger partial charge in [-0.25, -0.2) is 0 Å². The Hall–Kier alpha value is -0.570. The van der Waals surface area contributed by atoms with Gasteiger partial charge in [0.25, 0.3) is 0 Å². The Morgan fingerprint density at radius 1 is 1.86 bits per heavy atom. The van der Waals surface area contributed by atoms with Crippen LogP contribution in [-0.2, 0) is 4.79 Å². The Bertz CT molecular complexity index is 102. The lowest BCUT2D eigenvalue weighted by Crippen LogP contribution is -2.56. The standard InChI is InChI=1S/C4H7NO2/c1-2-3(6)5-4(2)7/h2-3,6H,1H3,(H,5,7)/t2-,3?/m0/s1. The number of carbonyl (C=O) groups excluding carboxylic acids is 1. The molecule has 1 fully saturated rings. The molecule has 0 aromatic carbocycles. The zero-order valence-electron chi connectivity index (χ0n) is 4.01. The maximum absolute atomic E-state index is 10.2. The maximum atomic E-state index is 10.2. The van der Waals surface area contributed by atoms with Crippen LogP contribution in [0.1, 0.15) is 6.92 Å². The van der Waals surface area contributed by atoms with E-state index >= 15 is 0 Å². The number of aliphatic hydroxyl groups is 1. The Morgan fingerprint density at radius 3 is 2.43 bits per heavy atom. The third-order valence-corrected chi connectivity index (χ3v) is 1.18. The summed E-state index contributed by atoms with van der Waals surface area (Å²) in [5.41, 5.74) is 0. The number of rotatable bonds is 0. The maximum Gasteiger partial charge on any atom is 0.229 e. The molecule has 1 amide bonds. The number of nitrogens with one attached hydrogen (secondary N) is 1. The summed E-state index contributed by atoms with van der Waals surface area (Å²) in [5.74, 6) is -0.257. The number of hydrogen-bond donors (Lipinski definition) is 2. The molecule has 7 heavy (non-hydrogen) atoms. The lowest BCUT2D eigenvalue weighted by molar-refractivity contribution is -0.144. The van der Waals surface area contributed by atoms with Gasteiger partial charge in [-0.1, -0.05) is 0 Å². The summed E-state index contributed by atoms with van der Waals surface area (Å²) < 4.78 is 0. The SMILES string of the molecule is C[C@@H]1C(=O)NC1O. The number of hydrogen-bond acceptors (Lipinski definition) is 2. The average Bonchev–Trinajstić information content (AvgIpc) is 1.68. The third-order valence-electron chi connectivity index (χ3n) is 1.18. The largest absolute Gasteiger partial charge is 0.373 e. The lowest BCUT2D eigenvalue weighted by Gasteiger charge is -2.28. The lowest BCUT2D eigenvalue weighted by atomic mass is 10.0. The second kappa shape index (κ2) is 1.20. The van der Waals surface area contributed by atoms with E-state index in [1.54, 1.807) is 6.92 Å². The summed E-state index contributed by atoms with van der Waals surface area (Å²) in [6.07, 6.45) is -0.590. The second-order valence-corrected chi connectivity index (χ2v) is 1.74. The fourth-order valence-corrected chi connectivity index (χ4v) is 0.449. The van der Waals surface area contributed by atoms with Crippen LogP contribution in [0.4, 0.5) is 0 Å². The van der Waals surface area contributed by atoms with Gasteiger partial charge in [0.15, 0.2) is 0 Å². The van der Waals surface area contributed by atoms with E-state index in [0.29, 0.717) is 0 Å². The molecule has 3 nitrogen and oxygen atoms in total. The highest BCUT2D eigenvalue weighted by atomic mass is 16.3. The fourth-order valence-electron chi connectivity index (χ4n) is 0.449. The van der Waals surface area contributed by atoms with E-state index < -0.39 is 6.23 Å². The molecule has 1 heterocycles. The summed E-state index contributed by atoms with van der Waals surface area (Å²) in [7, 11) is 0. The van der Waals surface area contributed by atoms with Crippen molar-refractivity contribution in [1.82, 2.24) is 5.32 Å².